The van der Waals surface area contributed by atoms with Crippen molar-refractivity contribution in [3.05, 3.63) is 54.1 Å². The van der Waals surface area contributed by atoms with E-state index in [0.29, 0.717) is 45.1 Å². The number of para-hydroxylation sites is 1. The summed E-state index contributed by atoms with van der Waals surface area (Å²) in [7, 11) is 0. The normalized spacial score (nSPS) is 16.5. The van der Waals surface area contributed by atoms with Crippen LogP contribution in [-0.4, -0.2) is 70.5 Å². The van der Waals surface area contributed by atoms with Gasteiger partial charge in [0, 0.05) is 18.7 Å². The minimum Gasteiger partial charge on any atom is -0.481 e. The number of benzene rings is 2. The fourth-order valence-electron chi connectivity index (χ4n) is 2.89. The molecule has 1 aliphatic rings. The van der Waals surface area contributed by atoms with Gasteiger partial charge in [0.2, 0.25) is 0 Å². The fourth-order valence-corrected chi connectivity index (χ4v) is 2.89. The molecule has 0 saturated carbocycles. The Labute approximate surface area is 191 Å². The highest BCUT2D eigenvalue weighted by Gasteiger charge is 2.17. The quantitative estimate of drug-likeness (QED) is 0.614. The summed E-state index contributed by atoms with van der Waals surface area (Å²) in [6, 6.07) is 13.5. The van der Waals surface area contributed by atoms with Crippen LogP contribution in [0.3, 0.4) is 0 Å². The van der Waals surface area contributed by atoms with Gasteiger partial charge in [0.05, 0.1) is 26.4 Å². The van der Waals surface area contributed by atoms with E-state index < -0.39 is 5.91 Å². The molecular weight excluding hydrogens is 430 g/mol. The monoisotopic (exact) mass is 457 g/mol. The van der Waals surface area contributed by atoms with Crippen molar-refractivity contribution in [1.29, 1.82) is 0 Å². The topological polar surface area (TPSA) is 124 Å². The number of amides is 3. The number of carbonyl (C=O) groups is 3. The van der Waals surface area contributed by atoms with Gasteiger partial charge < -0.3 is 34.9 Å². The van der Waals surface area contributed by atoms with E-state index >= 15 is 0 Å². The Hall–Kier alpha value is -3.63. The molecule has 10 heteroatoms. The fraction of sp³-hybridized carbons (Fsp3) is 0.348. The van der Waals surface area contributed by atoms with Crippen molar-refractivity contribution >= 4 is 23.4 Å². The predicted octanol–water partition coefficient (Wildman–Crippen LogP) is 0.976. The highest BCUT2D eigenvalue weighted by atomic mass is 16.5. The summed E-state index contributed by atoms with van der Waals surface area (Å²) in [5.74, 6) is -0.625. The first kappa shape index (κ1) is 24.0. The summed E-state index contributed by atoms with van der Waals surface area (Å²) in [5.41, 5.74) is 0.649. The van der Waals surface area contributed by atoms with Gasteiger partial charge in [0.15, 0.2) is 13.2 Å². The lowest BCUT2D eigenvalue weighted by atomic mass is 10.2. The molecule has 0 aliphatic carbocycles. The zero-order valence-electron chi connectivity index (χ0n) is 18.1. The van der Waals surface area contributed by atoms with E-state index in [2.05, 4.69) is 16.0 Å². The van der Waals surface area contributed by atoms with Crippen LogP contribution in [0.15, 0.2) is 48.5 Å². The third-order valence-electron chi connectivity index (χ3n) is 4.49. The van der Waals surface area contributed by atoms with Crippen molar-refractivity contribution in [1.82, 2.24) is 10.6 Å². The van der Waals surface area contributed by atoms with E-state index in [9.17, 15) is 14.4 Å². The van der Waals surface area contributed by atoms with Gasteiger partial charge in [0.1, 0.15) is 17.2 Å². The van der Waals surface area contributed by atoms with Crippen LogP contribution in [0.4, 0.5) is 5.69 Å². The molecule has 3 rings (SSSR count). The van der Waals surface area contributed by atoms with Crippen LogP contribution in [-0.2, 0) is 19.1 Å². The number of anilines is 1. The molecule has 3 N–H and O–H groups in total. The average molecular weight is 457 g/mol. The number of carbonyl (C=O) groups excluding carboxylic acids is 3. The highest BCUT2D eigenvalue weighted by molar-refractivity contribution is 6.06. The van der Waals surface area contributed by atoms with Gasteiger partial charge in [-0.05, 0) is 24.3 Å². The van der Waals surface area contributed by atoms with Crippen LogP contribution >= 0.6 is 0 Å². The third kappa shape index (κ3) is 8.09. The SMILES string of the molecule is O=C1COc2cccc(c2NC(=O)c2ccccc2)OCC(=O)NCCOCCOCCN1. The second-order valence-electron chi connectivity index (χ2n) is 6.95. The number of nitrogens with one attached hydrogen (secondary N) is 3. The van der Waals surface area contributed by atoms with Crippen LogP contribution in [0.1, 0.15) is 10.4 Å². The second-order valence-corrected chi connectivity index (χ2v) is 6.95. The molecule has 0 fully saturated rings. The predicted molar refractivity (Wildman–Crippen MR) is 119 cm³/mol. The maximum absolute atomic E-state index is 12.7. The van der Waals surface area contributed by atoms with Gasteiger partial charge in [-0.25, -0.2) is 0 Å². The van der Waals surface area contributed by atoms with Gasteiger partial charge in [-0.2, -0.15) is 0 Å². The van der Waals surface area contributed by atoms with Crippen molar-refractivity contribution < 1.29 is 33.3 Å². The van der Waals surface area contributed by atoms with Crippen LogP contribution in [0.5, 0.6) is 11.5 Å². The van der Waals surface area contributed by atoms with E-state index in [1.54, 1.807) is 48.5 Å². The summed E-state index contributed by atoms with van der Waals surface area (Å²) in [4.78, 5) is 37.0. The van der Waals surface area contributed by atoms with Crippen LogP contribution in [0.2, 0.25) is 0 Å². The van der Waals surface area contributed by atoms with Gasteiger partial charge in [-0.15, -0.1) is 0 Å². The standard InChI is InChI=1S/C23H27N3O7/c27-20-15-32-18-7-4-8-19(22(18)26-23(29)17-5-2-1-3-6-17)33-16-21(28)25-10-12-31-14-13-30-11-9-24-20/h1-8H,9-16H2,(H,24,27)(H,25,28)(H,26,29). The van der Waals surface area contributed by atoms with E-state index in [0.717, 1.165) is 0 Å². The lowest BCUT2D eigenvalue weighted by molar-refractivity contribution is -0.124. The molecular formula is C23H27N3O7. The Morgan fingerprint density at radius 2 is 1.27 bits per heavy atom. The first-order valence-electron chi connectivity index (χ1n) is 10.6. The molecule has 1 aliphatic heterocycles. The Kier molecular flexibility index (Phi) is 9.49. The lowest BCUT2D eigenvalue weighted by Gasteiger charge is -2.17. The molecule has 1 heterocycles. The second kappa shape index (κ2) is 13.0. The zero-order valence-corrected chi connectivity index (χ0v) is 18.1. The summed E-state index contributed by atoms with van der Waals surface area (Å²) in [5, 5.41) is 8.15. The maximum Gasteiger partial charge on any atom is 0.258 e. The van der Waals surface area contributed by atoms with Gasteiger partial charge in [-0.3, -0.25) is 14.4 Å². The molecule has 0 atom stereocenters. The smallest absolute Gasteiger partial charge is 0.258 e. The summed E-state index contributed by atoms with van der Waals surface area (Å²) >= 11 is 0. The minimum atomic E-state index is -0.391. The molecule has 2 aromatic rings. The van der Waals surface area contributed by atoms with Crippen molar-refractivity contribution in [2.24, 2.45) is 0 Å². The molecule has 33 heavy (non-hydrogen) atoms. The summed E-state index contributed by atoms with van der Waals surface area (Å²) in [6.07, 6.45) is 0. The van der Waals surface area contributed by atoms with Crippen molar-refractivity contribution in [3.63, 3.8) is 0 Å². The van der Waals surface area contributed by atoms with Crippen molar-refractivity contribution in [2.75, 3.05) is 58.0 Å². The number of fused-ring (bicyclic) bond motifs is 2. The Balaban J connectivity index is 1.77. The number of rotatable bonds is 2. The highest BCUT2D eigenvalue weighted by Crippen LogP contribution is 2.35. The average Bonchev–Trinajstić information content (AvgIpc) is 2.83. The van der Waals surface area contributed by atoms with Gasteiger partial charge in [0.25, 0.3) is 17.7 Å². The van der Waals surface area contributed by atoms with Crippen molar-refractivity contribution in [2.45, 2.75) is 0 Å². The molecule has 0 saturated heterocycles. The first-order chi connectivity index (χ1) is 16.1. The van der Waals surface area contributed by atoms with E-state index in [-0.39, 0.29) is 42.2 Å². The van der Waals surface area contributed by atoms with E-state index in [1.807, 2.05) is 0 Å². The Bertz CT molecular complexity index is 891. The van der Waals surface area contributed by atoms with E-state index in [4.69, 9.17) is 18.9 Å². The number of ether oxygens (including phenoxy) is 4. The first-order valence-corrected chi connectivity index (χ1v) is 10.6. The molecule has 0 unspecified atom stereocenters. The zero-order chi connectivity index (χ0) is 23.3. The molecule has 0 aromatic heterocycles. The minimum absolute atomic E-state index is 0.219. The van der Waals surface area contributed by atoms with Gasteiger partial charge >= 0.3 is 0 Å². The molecule has 2 bridgehead atoms. The van der Waals surface area contributed by atoms with Crippen LogP contribution in [0.25, 0.3) is 0 Å². The molecule has 2 aromatic carbocycles. The van der Waals surface area contributed by atoms with E-state index in [1.165, 1.54) is 0 Å². The number of hydrogen-bond acceptors (Lipinski definition) is 7. The third-order valence-corrected chi connectivity index (χ3v) is 4.49. The van der Waals surface area contributed by atoms with Crippen LogP contribution < -0.4 is 25.4 Å². The largest absolute Gasteiger partial charge is 0.481 e. The lowest BCUT2D eigenvalue weighted by Crippen LogP contribution is -2.32. The van der Waals surface area contributed by atoms with Crippen LogP contribution in [0, 0.1) is 0 Å². The maximum atomic E-state index is 12.7. The molecule has 176 valence electrons. The molecule has 0 radical (unpaired) electrons. The molecule has 0 spiro atoms. The van der Waals surface area contributed by atoms with Gasteiger partial charge in [-0.1, -0.05) is 24.3 Å². The molecule has 10 nitrogen and oxygen atoms in total. The number of hydrogen-bond donors (Lipinski definition) is 3. The summed E-state index contributed by atoms with van der Waals surface area (Å²) < 4.78 is 22.0. The van der Waals surface area contributed by atoms with Crippen molar-refractivity contribution in [3.8, 4) is 11.5 Å². The summed E-state index contributed by atoms with van der Waals surface area (Å²) in [6.45, 7) is 1.49. The Morgan fingerprint density at radius 3 is 1.82 bits per heavy atom. The Morgan fingerprint density at radius 1 is 0.727 bits per heavy atom. The molecule has 3 amide bonds.